The Bertz CT molecular complexity index is 641. The van der Waals surface area contributed by atoms with Crippen LogP contribution in [0.2, 0.25) is 0 Å². The minimum absolute atomic E-state index is 0.143. The van der Waals surface area contributed by atoms with Crippen molar-refractivity contribution in [1.29, 1.82) is 0 Å². The number of ether oxygens (including phenoxy) is 2. The third-order valence-electron chi connectivity index (χ3n) is 3.03. The standard InChI is InChI=1S/C17H18FNO3/c1-3-22-14-7-4-12(5-8-14)10-17(20)19-13-6-9-16(21-2)15(18)11-13/h4-9,11H,3,10H2,1-2H3,(H,19,20). The summed E-state index contributed by atoms with van der Waals surface area (Å²) in [6.07, 6.45) is 0.208. The van der Waals surface area contributed by atoms with E-state index in [1.54, 1.807) is 6.07 Å². The molecule has 0 unspecified atom stereocenters. The molecule has 22 heavy (non-hydrogen) atoms. The molecular weight excluding hydrogens is 285 g/mol. The summed E-state index contributed by atoms with van der Waals surface area (Å²) < 4.78 is 23.7. The highest BCUT2D eigenvalue weighted by Gasteiger charge is 2.07. The number of nitrogens with one attached hydrogen (secondary N) is 1. The smallest absolute Gasteiger partial charge is 0.228 e. The van der Waals surface area contributed by atoms with E-state index in [4.69, 9.17) is 9.47 Å². The van der Waals surface area contributed by atoms with Gasteiger partial charge in [-0.2, -0.15) is 0 Å². The molecule has 0 heterocycles. The Balaban J connectivity index is 1.96. The van der Waals surface area contributed by atoms with E-state index in [-0.39, 0.29) is 18.1 Å². The van der Waals surface area contributed by atoms with Crippen molar-refractivity contribution in [3.8, 4) is 11.5 Å². The Labute approximate surface area is 128 Å². The molecule has 0 saturated heterocycles. The molecular formula is C17H18FNO3. The first-order valence-corrected chi connectivity index (χ1v) is 6.97. The lowest BCUT2D eigenvalue weighted by Gasteiger charge is -2.08. The van der Waals surface area contributed by atoms with Gasteiger partial charge in [-0.1, -0.05) is 12.1 Å². The van der Waals surface area contributed by atoms with E-state index in [9.17, 15) is 9.18 Å². The zero-order valence-corrected chi connectivity index (χ0v) is 12.6. The van der Waals surface area contributed by atoms with E-state index in [2.05, 4.69) is 5.32 Å². The van der Waals surface area contributed by atoms with Crippen molar-refractivity contribution < 1.29 is 18.7 Å². The fraction of sp³-hybridized carbons (Fsp3) is 0.235. The van der Waals surface area contributed by atoms with E-state index in [0.29, 0.717) is 12.3 Å². The molecule has 116 valence electrons. The fourth-order valence-electron chi connectivity index (χ4n) is 2.00. The van der Waals surface area contributed by atoms with Crippen LogP contribution in [0.15, 0.2) is 42.5 Å². The molecule has 1 N–H and O–H groups in total. The number of amides is 1. The van der Waals surface area contributed by atoms with Crippen molar-refractivity contribution in [3.63, 3.8) is 0 Å². The van der Waals surface area contributed by atoms with Crippen molar-refractivity contribution in [2.24, 2.45) is 0 Å². The SMILES string of the molecule is CCOc1ccc(CC(=O)Nc2ccc(OC)c(F)c2)cc1. The van der Waals surface area contributed by atoms with Crippen LogP contribution in [0, 0.1) is 5.82 Å². The summed E-state index contributed by atoms with van der Waals surface area (Å²) in [7, 11) is 1.39. The molecule has 0 bridgehead atoms. The van der Waals surface area contributed by atoms with E-state index < -0.39 is 5.82 Å². The van der Waals surface area contributed by atoms with E-state index in [1.807, 2.05) is 31.2 Å². The number of carbonyl (C=O) groups excluding carboxylic acids is 1. The average molecular weight is 303 g/mol. The van der Waals surface area contributed by atoms with Crippen LogP contribution in [0.25, 0.3) is 0 Å². The maximum absolute atomic E-state index is 13.6. The number of methoxy groups -OCH3 is 1. The van der Waals surface area contributed by atoms with E-state index in [1.165, 1.54) is 19.2 Å². The minimum atomic E-state index is -0.513. The summed E-state index contributed by atoms with van der Waals surface area (Å²) in [6.45, 7) is 2.51. The molecule has 0 atom stereocenters. The largest absolute Gasteiger partial charge is 0.494 e. The molecule has 4 nitrogen and oxygen atoms in total. The maximum Gasteiger partial charge on any atom is 0.228 e. The van der Waals surface area contributed by atoms with Crippen molar-refractivity contribution in [2.75, 3.05) is 19.0 Å². The van der Waals surface area contributed by atoms with Crippen LogP contribution in [0.1, 0.15) is 12.5 Å². The molecule has 0 aromatic heterocycles. The molecule has 5 heteroatoms. The van der Waals surface area contributed by atoms with Gasteiger partial charge in [0, 0.05) is 11.8 Å². The first-order chi connectivity index (χ1) is 10.6. The van der Waals surface area contributed by atoms with Crippen LogP contribution in [0.5, 0.6) is 11.5 Å². The summed E-state index contributed by atoms with van der Waals surface area (Å²) in [5.74, 6) is 0.184. The Hall–Kier alpha value is -2.56. The molecule has 0 aliphatic rings. The zero-order chi connectivity index (χ0) is 15.9. The molecule has 0 fully saturated rings. The van der Waals surface area contributed by atoms with Gasteiger partial charge in [-0.15, -0.1) is 0 Å². The number of anilines is 1. The predicted octanol–water partition coefficient (Wildman–Crippen LogP) is 3.41. The van der Waals surface area contributed by atoms with Gasteiger partial charge in [0.2, 0.25) is 5.91 Å². The Morgan fingerprint density at radius 2 is 1.91 bits per heavy atom. The monoisotopic (exact) mass is 303 g/mol. The third-order valence-corrected chi connectivity index (χ3v) is 3.03. The second-order valence-electron chi connectivity index (χ2n) is 4.65. The first kappa shape index (κ1) is 15.8. The van der Waals surface area contributed by atoms with Gasteiger partial charge >= 0.3 is 0 Å². The topological polar surface area (TPSA) is 47.6 Å². The molecule has 1 amide bonds. The predicted molar refractivity (Wildman–Crippen MR) is 82.9 cm³/mol. The molecule has 0 aliphatic heterocycles. The quantitative estimate of drug-likeness (QED) is 0.889. The highest BCUT2D eigenvalue weighted by Crippen LogP contribution is 2.21. The number of carbonyl (C=O) groups is 1. The molecule has 2 aromatic rings. The zero-order valence-electron chi connectivity index (χ0n) is 12.6. The number of hydrogen-bond acceptors (Lipinski definition) is 3. The van der Waals surface area contributed by atoms with Gasteiger partial charge in [0.15, 0.2) is 11.6 Å². The van der Waals surface area contributed by atoms with E-state index >= 15 is 0 Å². The molecule has 2 rings (SSSR count). The number of benzene rings is 2. The van der Waals surface area contributed by atoms with Crippen LogP contribution >= 0.6 is 0 Å². The van der Waals surface area contributed by atoms with Gasteiger partial charge in [0.25, 0.3) is 0 Å². The van der Waals surface area contributed by atoms with Crippen molar-refractivity contribution >= 4 is 11.6 Å². The highest BCUT2D eigenvalue weighted by molar-refractivity contribution is 5.92. The van der Waals surface area contributed by atoms with Crippen molar-refractivity contribution in [2.45, 2.75) is 13.3 Å². The van der Waals surface area contributed by atoms with Gasteiger partial charge in [-0.05, 0) is 36.8 Å². The second kappa shape index (κ2) is 7.45. The average Bonchev–Trinajstić information content (AvgIpc) is 2.50. The lowest BCUT2D eigenvalue weighted by atomic mass is 10.1. The van der Waals surface area contributed by atoms with Crippen molar-refractivity contribution in [3.05, 3.63) is 53.8 Å². The Kier molecular flexibility index (Phi) is 5.36. The van der Waals surface area contributed by atoms with Crippen LogP contribution in [0.4, 0.5) is 10.1 Å². The summed E-state index contributed by atoms with van der Waals surface area (Å²) in [4.78, 5) is 12.0. The highest BCUT2D eigenvalue weighted by atomic mass is 19.1. The summed E-state index contributed by atoms with van der Waals surface area (Å²) in [6, 6.07) is 11.6. The molecule has 0 spiro atoms. The van der Waals surface area contributed by atoms with Gasteiger partial charge in [-0.3, -0.25) is 4.79 Å². The minimum Gasteiger partial charge on any atom is -0.494 e. The molecule has 2 aromatic carbocycles. The molecule has 0 aliphatic carbocycles. The van der Waals surface area contributed by atoms with Crippen LogP contribution in [0.3, 0.4) is 0 Å². The summed E-state index contributed by atoms with van der Waals surface area (Å²) in [5.41, 5.74) is 1.25. The summed E-state index contributed by atoms with van der Waals surface area (Å²) in [5, 5.41) is 2.66. The van der Waals surface area contributed by atoms with Crippen molar-refractivity contribution in [1.82, 2.24) is 0 Å². The van der Waals surface area contributed by atoms with Crippen LogP contribution in [-0.2, 0) is 11.2 Å². The lowest BCUT2D eigenvalue weighted by molar-refractivity contribution is -0.115. The Morgan fingerprint density at radius 3 is 2.50 bits per heavy atom. The van der Waals surface area contributed by atoms with Gasteiger partial charge in [0.1, 0.15) is 5.75 Å². The lowest BCUT2D eigenvalue weighted by Crippen LogP contribution is -2.14. The maximum atomic E-state index is 13.6. The summed E-state index contributed by atoms with van der Waals surface area (Å²) >= 11 is 0. The van der Waals surface area contributed by atoms with E-state index in [0.717, 1.165) is 11.3 Å². The number of hydrogen-bond donors (Lipinski definition) is 1. The third kappa shape index (κ3) is 4.22. The number of rotatable bonds is 6. The van der Waals surface area contributed by atoms with Crippen LogP contribution in [-0.4, -0.2) is 19.6 Å². The fourth-order valence-corrected chi connectivity index (χ4v) is 2.00. The van der Waals surface area contributed by atoms with Gasteiger partial charge in [0.05, 0.1) is 20.1 Å². The van der Waals surface area contributed by atoms with Gasteiger partial charge < -0.3 is 14.8 Å². The normalized spacial score (nSPS) is 10.1. The molecule has 0 radical (unpaired) electrons. The molecule has 0 saturated carbocycles. The Morgan fingerprint density at radius 1 is 1.18 bits per heavy atom. The van der Waals surface area contributed by atoms with Gasteiger partial charge in [-0.25, -0.2) is 4.39 Å². The van der Waals surface area contributed by atoms with Crippen LogP contribution < -0.4 is 14.8 Å². The number of halogens is 1. The second-order valence-corrected chi connectivity index (χ2v) is 4.65. The first-order valence-electron chi connectivity index (χ1n) is 6.97.